The smallest absolute Gasteiger partial charge is 0.323 e. The molecule has 6 nitrogen and oxygen atoms in total. The Morgan fingerprint density at radius 1 is 1.18 bits per heavy atom. The molecule has 22 heavy (non-hydrogen) atoms. The minimum absolute atomic E-state index is 0.266. The summed E-state index contributed by atoms with van der Waals surface area (Å²) in [6, 6.07) is 7.34. The number of hydrogen-bond donors (Lipinski definition) is 1. The van der Waals surface area contributed by atoms with Crippen LogP contribution in [0.15, 0.2) is 46.1 Å². The molecule has 2 rings (SSSR count). The number of anilines is 1. The van der Waals surface area contributed by atoms with Crippen LogP contribution in [-0.2, 0) is 18.9 Å². The van der Waals surface area contributed by atoms with Gasteiger partial charge in [0.05, 0.1) is 5.56 Å². The lowest BCUT2D eigenvalue weighted by Crippen LogP contribution is -2.37. The predicted octanol–water partition coefficient (Wildman–Crippen LogP) is 1.34. The van der Waals surface area contributed by atoms with E-state index in [0.717, 1.165) is 8.14 Å². The molecule has 114 valence electrons. The number of carbonyl (C=O) groups is 1. The Labute approximate surface area is 140 Å². The average Bonchev–Trinajstić information content (AvgIpc) is 2.50. The van der Waals surface area contributed by atoms with Gasteiger partial charge in [-0.1, -0.05) is 0 Å². The molecule has 0 atom stereocenters. The van der Waals surface area contributed by atoms with E-state index >= 15 is 0 Å². The van der Waals surface area contributed by atoms with Gasteiger partial charge >= 0.3 is 5.69 Å². The first kappa shape index (κ1) is 16.2. The second-order valence-electron chi connectivity index (χ2n) is 4.67. The number of nitrogens with zero attached hydrogens (tertiary/aromatic N) is 2. The van der Waals surface area contributed by atoms with Crippen LogP contribution in [-0.4, -0.2) is 15.0 Å². The van der Waals surface area contributed by atoms with Crippen molar-refractivity contribution in [2.75, 3.05) is 5.32 Å². The molecule has 0 fully saturated rings. The molecule has 2 aromatic rings. The van der Waals surface area contributed by atoms with Crippen molar-refractivity contribution < 1.29 is 4.79 Å². The van der Waals surface area contributed by atoms with Crippen molar-refractivity contribution in [1.29, 1.82) is 0 Å². The highest BCUT2D eigenvalue weighted by molar-refractivity contribution is 14.1. The zero-order valence-corrected chi connectivity index (χ0v) is 14.2. The topological polar surface area (TPSA) is 73.1 Å². The van der Waals surface area contributed by atoms with Crippen molar-refractivity contribution in [2.45, 2.75) is 0 Å². The highest BCUT2D eigenvalue weighted by Gasteiger charge is 2.04. The van der Waals surface area contributed by atoms with Gasteiger partial charge in [-0.3, -0.25) is 14.2 Å². The molecular formula is C15H14IN3O3. The summed E-state index contributed by atoms with van der Waals surface area (Å²) < 4.78 is 3.36. The number of benzene rings is 1. The van der Waals surface area contributed by atoms with Gasteiger partial charge < -0.3 is 9.88 Å². The van der Waals surface area contributed by atoms with Crippen LogP contribution >= 0.6 is 22.6 Å². The summed E-state index contributed by atoms with van der Waals surface area (Å²) in [6.07, 6.45) is 4.06. The number of hydrogen-bond acceptors (Lipinski definition) is 3. The zero-order valence-electron chi connectivity index (χ0n) is 12.0. The second-order valence-corrected chi connectivity index (χ2v) is 5.92. The molecule has 1 N–H and O–H groups in total. The van der Waals surface area contributed by atoms with Gasteiger partial charge in [-0.05, 0) is 52.9 Å². The standard InChI is InChI=1S/C15H14IN3O3/c1-18-9-10(14(21)19(2)15(18)22)3-8-13(20)17-12-6-4-11(16)5-7-12/h3-9H,1-2H3,(H,17,20)/b8-3+. The third kappa shape index (κ3) is 3.73. The fourth-order valence-electron chi connectivity index (χ4n) is 1.83. The number of amides is 1. The number of nitrogens with one attached hydrogen (secondary N) is 1. The lowest BCUT2D eigenvalue weighted by Gasteiger charge is -2.04. The van der Waals surface area contributed by atoms with E-state index in [4.69, 9.17) is 0 Å². The maximum Gasteiger partial charge on any atom is 0.330 e. The molecule has 1 heterocycles. The summed E-state index contributed by atoms with van der Waals surface area (Å²) in [5.74, 6) is -0.350. The van der Waals surface area contributed by atoms with E-state index in [2.05, 4.69) is 27.9 Å². The van der Waals surface area contributed by atoms with Crippen LogP contribution in [0.25, 0.3) is 6.08 Å². The van der Waals surface area contributed by atoms with E-state index in [1.165, 1.54) is 30.0 Å². The Morgan fingerprint density at radius 2 is 1.82 bits per heavy atom. The van der Waals surface area contributed by atoms with Crippen LogP contribution in [0.1, 0.15) is 5.56 Å². The van der Waals surface area contributed by atoms with E-state index in [-0.39, 0.29) is 11.5 Å². The third-order valence-electron chi connectivity index (χ3n) is 3.00. The van der Waals surface area contributed by atoms with Gasteiger partial charge in [0.15, 0.2) is 0 Å². The van der Waals surface area contributed by atoms with Crippen molar-refractivity contribution in [3.8, 4) is 0 Å². The third-order valence-corrected chi connectivity index (χ3v) is 3.72. The molecule has 1 aromatic carbocycles. The van der Waals surface area contributed by atoms with Gasteiger partial charge in [-0.2, -0.15) is 0 Å². The van der Waals surface area contributed by atoms with Crippen LogP contribution in [0.2, 0.25) is 0 Å². The summed E-state index contributed by atoms with van der Waals surface area (Å²) in [5, 5.41) is 2.69. The Bertz CT molecular complexity index is 848. The first-order valence-electron chi connectivity index (χ1n) is 6.40. The van der Waals surface area contributed by atoms with Crippen LogP contribution < -0.4 is 16.6 Å². The molecular weight excluding hydrogens is 397 g/mol. The Kier molecular flexibility index (Phi) is 4.96. The quantitative estimate of drug-likeness (QED) is 0.612. The number of carbonyl (C=O) groups excluding carboxylic acids is 1. The SMILES string of the molecule is Cn1cc(/C=C/C(=O)Nc2ccc(I)cc2)c(=O)n(C)c1=O. The monoisotopic (exact) mass is 411 g/mol. The van der Waals surface area contributed by atoms with Gasteiger partial charge in [0.25, 0.3) is 5.56 Å². The summed E-state index contributed by atoms with van der Waals surface area (Å²) in [6.45, 7) is 0. The first-order chi connectivity index (χ1) is 10.4. The van der Waals surface area contributed by atoms with E-state index in [0.29, 0.717) is 5.69 Å². The number of aromatic nitrogens is 2. The van der Waals surface area contributed by atoms with Gasteiger partial charge in [-0.15, -0.1) is 0 Å². The zero-order chi connectivity index (χ0) is 16.3. The second kappa shape index (κ2) is 6.73. The van der Waals surface area contributed by atoms with Crippen LogP contribution in [0.5, 0.6) is 0 Å². The number of halogens is 1. The molecule has 0 radical (unpaired) electrons. The van der Waals surface area contributed by atoms with Crippen LogP contribution in [0, 0.1) is 3.57 Å². The van der Waals surface area contributed by atoms with E-state index in [9.17, 15) is 14.4 Å². The Balaban J connectivity index is 2.18. The van der Waals surface area contributed by atoms with Gasteiger partial charge in [0, 0.05) is 35.6 Å². The molecule has 0 spiro atoms. The molecule has 0 saturated heterocycles. The largest absolute Gasteiger partial charge is 0.330 e. The number of aryl methyl sites for hydroxylation is 1. The molecule has 7 heteroatoms. The lowest BCUT2D eigenvalue weighted by molar-refractivity contribution is -0.111. The fraction of sp³-hybridized carbons (Fsp3) is 0.133. The maximum atomic E-state index is 11.9. The van der Waals surface area contributed by atoms with Gasteiger partial charge in [-0.25, -0.2) is 4.79 Å². The normalized spacial score (nSPS) is 10.9. The van der Waals surface area contributed by atoms with Crippen molar-refractivity contribution in [2.24, 2.45) is 14.1 Å². The minimum Gasteiger partial charge on any atom is -0.323 e. The molecule has 1 amide bonds. The van der Waals surface area contributed by atoms with Crippen molar-refractivity contribution in [3.05, 3.63) is 66.5 Å². The van der Waals surface area contributed by atoms with Crippen molar-refractivity contribution >= 4 is 40.3 Å². The van der Waals surface area contributed by atoms with Gasteiger partial charge in [0.1, 0.15) is 0 Å². The summed E-state index contributed by atoms with van der Waals surface area (Å²) in [5.41, 5.74) is 0.0812. The first-order valence-corrected chi connectivity index (χ1v) is 7.47. The van der Waals surface area contributed by atoms with Crippen LogP contribution in [0.3, 0.4) is 0 Å². The van der Waals surface area contributed by atoms with Gasteiger partial charge in [0.2, 0.25) is 5.91 Å². The highest BCUT2D eigenvalue weighted by atomic mass is 127. The summed E-state index contributed by atoms with van der Waals surface area (Å²) in [7, 11) is 2.94. The summed E-state index contributed by atoms with van der Waals surface area (Å²) >= 11 is 2.18. The fourth-order valence-corrected chi connectivity index (χ4v) is 2.19. The lowest BCUT2D eigenvalue weighted by atomic mass is 10.3. The average molecular weight is 411 g/mol. The highest BCUT2D eigenvalue weighted by Crippen LogP contribution is 2.11. The van der Waals surface area contributed by atoms with E-state index in [1.807, 2.05) is 12.1 Å². The molecule has 0 aliphatic rings. The minimum atomic E-state index is -0.443. The molecule has 1 aromatic heterocycles. The Morgan fingerprint density at radius 3 is 2.45 bits per heavy atom. The molecule has 0 aliphatic heterocycles. The molecule has 0 aliphatic carbocycles. The number of rotatable bonds is 3. The maximum absolute atomic E-state index is 11.9. The molecule has 0 bridgehead atoms. The molecule has 0 unspecified atom stereocenters. The van der Waals surface area contributed by atoms with Crippen LogP contribution in [0.4, 0.5) is 5.69 Å². The van der Waals surface area contributed by atoms with E-state index < -0.39 is 11.2 Å². The molecule has 0 saturated carbocycles. The van der Waals surface area contributed by atoms with Crippen molar-refractivity contribution in [1.82, 2.24) is 9.13 Å². The summed E-state index contributed by atoms with van der Waals surface area (Å²) in [4.78, 5) is 35.3. The predicted molar refractivity (Wildman–Crippen MR) is 93.7 cm³/mol. The van der Waals surface area contributed by atoms with Crippen molar-refractivity contribution in [3.63, 3.8) is 0 Å². The Hall–Kier alpha value is -2.16. The van der Waals surface area contributed by atoms with E-state index in [1.54, 1.807) is 19.2 Å².